The van der Waals surface area contributed by atoms with Crippen LogP contribution >= 0.6 is 0 Å². The van der Waals surface area contributed by atoms with E-state index in [9.17, 15) is 9.18 Å². The van der Waals surface area contributed by atoms with E-state index in [-0.39, 0.29) is 11.7 Å². The van der Waals surface area contributed by atoms with Crippen molar-refractivity contribution in [3.05, 3.63) is 89.6 Å². The molecule has 0 aliphatic heterocycles. The Morgan fingerprint density at radius 3 is 2.75 bits per heavy atom. The van der Waals surface area contributed by atoms with Crippen molar-refractivity contribution in [3.8, 4) is 11.5 Å². The van der Waals surface area contributed by atoms with Gasteiger partial charge in [0.25, 0.3) is 0 Å². The van der Waals surface area contributed by atoms with Gasteiger partial charge in [-0.2, -0.15) is 5.10 Å². The van der Waals surface area contributed by atoms with Gasteiger partial charge in [-0.05, 0) is 73.7 Å². The van der Waals surface area contributed by atoms with E-state index in [1.54, 1.807) is 16.6 Å². The normalized spacial score (nSPS) is 10.9. The molecule has 1 N–H and O–H groups in total. The molecule has 0 radical (unpaired) electrons. The van der Waals surface area contributed by atoms with Gasteiger partial charge in [-0.25, -0.2) is 13.9 Å². The predicted molar refractivity (Wildman–Crippen MR) is 120 cm³/mol. The maximum absolute atomic E-state index is 13.0. The monoisotopic (exact) mass is 432 g/mol. The highest BCUT2D eigenvalue weighted by molar-refractivity contribution is 5.76. The van der Waals surface area contributed by atoms with E-state index in [0.717, 1.165) is 35.3 Å². The Bertz CT molecular complexity index is 1200. The van der Waals surface area contributed by atoms with E-state index in [1.165, 1.54) is 12.1 Å². The molecule has 0 atom stereocenters. The number of aromatic nitrogens is 3. The van der Waals surface area contributed by atoms with Gasteiger partial charge in [-0.1, -0.05) is 12.1 Å². The summed E-state index contributed by atoms with van der Waals surface area (Å²) in [6.07, 6.45) is 6.52. The number of nitrogens with zero attached hydrogens (tertiary/aromatic N) is 3. The van der Waals surface area contributed by atoms with E-state index in [0.29, 0.717) is 30.9 Å². The highest BCUT2D eigenvalue weighted by Gasteiger charge is 2.05. The molecule has 0 bridgehead atoms. The lowest BCUT2D eigenvalue weighted by atomic mass is 10.1. The number of halogens is 1. The van der Waals surface area contributed by atoms with Crippen molar-refractivity contribution < 1.29 is 13.9 Å². The fourth-order valence-corrected chi connectivity index (χ4v) is 3.43. The van der Waals surface area contributed by atoms with Gasteiger partial charge in [-0.15, -0.1) is 0 Å². The molecule has 164 valence electrons. The summed E-state index contributed by atoms with van der Waals surface area (Å²) in [6, 6.07) is 15.4. The van der Waals surface area contributed by atoms with Gasteiger partial charge >= 0.3 is 0 Å². The molecule has 0 unspecified atom stereocenters. The first-order valence-electron chi connectivity index (χ1n) is 10.7. The summed E-state index contributed by atoms with van der Waals surface area (Å²) in [5.41, 5.74) is 3.88. The molecule has 0 saturated carbocycles. The molecule has 0 aliphatic rings. The number of hydrogen-bond acceptors (Lipinski definition) is 4. The second kappa shape index (κ2) is 10.0. The molecule has 32 heavy (non-hydrogen) atoms. The molecule has 2 heterocycles. The van der Waals surface area contributed by atoms with Crippen molar-refractivity contribution >= 4 is 11.6 Å². The molecular formula is C25H25FN4O2. The van der Waals surface area contributed by atoms with Crippen LogP contribution in [-0.2, 0) is 17.6 Å². The van der Waals surface area contributed by atoms with Gasteiger partial charge in [0.2, 0.25) is 5.91 Å². The van der Waals surface area contributed by atoms with E-state index in [2.05, 4.69) is 15.4 Å². The van der Waals surface area contributed by atoms with Crippen molar-refractivity contribution in [1.82, 2.24) is 19.9 Å². The summed E-state index contributed by atoms with van der Waals surface area (Å²) < 4.78 is 20.6. The zero-order valence-corrected chi connectivity index (χ0v) is 17.9. The molecule has 7 heteroatoms. The number of benzene rings is 2. The zero-order valence-electron chi connectivity index (χ0n) is 17.9. The number of hydrogen-bond donors (Lipinski definition) is 1. The zero-order chi connectivity index (χ0) is 22.3. The standard InChI is InChI=1S/C25H25FN4O2/c1-18-14-24-28-16-20(17-30(24)29-18)5-3-13-27-25(31)12-7-19-4-2-6-23(15-19)32-22-10-8-21(26)9-11-22/h2,4,6,8-11,14-17H,3,5,7,12-13H2,1H3,(H,27,31). The molecular weight excluding hydrogens is 407 g/mol. The Kier molecular flexibility index (Phi) is 6.75. The lowest BCUT2D eigenvalue weighted by Gasteiger charge is -2.08. The lowest BCUT2D eigenvalue weighted by Crippen LogP contribution is -2.25. The molecule has 0 fully saturated rings. The minimum Gasteiger partial charge on any atom is -0.457 e. The van der Waals surface area contributed by atoms with Crippen LogP contribution in [0.2, 0.25) is 0 Å². The van der Waals surface area contributed by atoms with Crippen LogP contribution in [0.25, 0.3) is 5.65 Å². The van der Waals surface area contributed by atoms with Crippen LogP contribution in [0, 0.1) is 12.7 Å². The topological polar surface area (TPSA) is 68.5 Å². The SMILES string of the molecule is Cc1cc2ncc(CCCNC(=O)CCc3cccc(Oc4ccc(F)cc4)c3)cn2n1. The van der Waals surface area contributed by atoms with Gasteiger partial charge in [0, 0.05) is 31.4 Å². The van der Waals surface area contributed by atoms with Crippen LogP contribution in [0.4, 0.5) is 4.39 Å². The van der Waals surface area contributed by atoms with Crippen LogP contribution in [0.1, 0.15) is 29.7 Å². The largest absolute Gasteiger partial charge is 0.457 e. The summed E-state index contributed by atoms with van der Waals surface area (Å²) in [4.78, 5) is 16.6. The van der Waals surface area contributed by atoms with Crippen LogP contribution in [0.5, 0.6) is 11.5 Å². The van der Waals surface area contributed by atoms with Crippen molar-refractivity contribution in [2.24, 2.45) is 0 Å². The summed E-state index contributed by atoms with van der Waals surface area (Å²) in [5.74, 6) is 0.944. The first-order valence-corrected chi connectivity index (χ1v) is 10.7. The average Bonchev–Trinajstić information content (AvgIpc) is 3.16. The first-order chi connectivity index (χ1) is 15.5. The van der Waals surface area contributed by atoms with E-state index < -0.39 is 0 Å². The van der Waals surface area contributed by atoms with Gasteiger partial charge in [0.1, 0.15) is 17.3 Å². The molecule has 0 aliphatic carbocycles. The number of carbonyl (C=O) groups is 1. The number of carbonyl (C=O) groups excluding carboxylic acids is 1. The quantitative estimate of drug-likeness (QED) is 0.391. The molecule has 4 aromatic rings. The van der Waals surface area contributed by atoms with Crippen molar-refractivity contribution in [1.29, 1.82) is 0 Å². The number of nitrogens with one attached hydrogen (secondary N) is 1. The third-order valence-electron chi connectivity index (χ3n) is 5.04. The third-order valence-corrected chi connectivity index (χ3v) is 5.04. The van der Waals surface area contributed by atoms with Gasteiger partial charge in [0.05, 0.1) is 5.69 Å². The Balaban J connectivity index is 1.19. The fraction of sp³-hybridized carbons (Fsp3) is 0.240. The maximum atomic E-state index is 13.0. The van der Waals surface area contributed by atoms with Gasteiger partial charge < -0.3 is 10.1 Å². The van der Waals surface area contributed by atoms with Crippen LogP contribution in [-0.4, -0.2) is 27.0 Å². The molecule has 0 saturated heterocycles. The summed E-state index contributed by atoms with van der Waals surface area (Å²) in [5, 5.41) is 7.35. The highest BCUT2D eigenvalue weighted by Crippen LogP contribution is 2.23. The highest BCUT2D eigenvalue weighted by atomic mass is 19.1. The Morgan fingerprint density at radius 2 is 1.91 bits per heavy atom. The smallest absolute Gasteiger partial charge is 0.220 e. The van der Waals surface area contributed by atoms with Crippen LogP contribution in [0.3, 0.4) is 0 Å². The number of rotatable bonds is 9. The Morgan fingerprint density at radius 1 is 1.06 bits per heavy atom. The molecule has 2 aromatic carbocycles. The molecule has 6 nitrogen and oxygen atoms in total. The number of aryl methyl sites for hydroxylation is 3. The maximum Gasteiger partial charge on any atom is 0.220 e. The third kappa shape index (κ3) is 5.91. The number of fused-ring (bicyclic) bond motifs is 1. The van der Waals surface area contributed by atoms with Crippen molar-refractivity contribution in [2.45, 2.75) is 32.6 Å². The molecule has 0 spiro atoms. The van der Waals surface area contributed by atoms with Crippen LogP contribution in [0.15, 0.2) is 67.0 Å². The van der Waals surface area contributed by atoms with Crippen LogP contribution < -0.4 is 10.1 Å². The molecule has 2 aromatic heterocycles. The summed E-state index contributed by atoms with van der Waals surface area (Å²) in [6.45, 7) is 2.56. The van der Waals surface area contributed by atoms with E-state index in [4.69, 9.17) is 4.74 Å². The summed E-state index contributed by atoms with van der Waals surface area (Å²) >= 11 is 0. The molecule has 1 amide bonds. The average molecular weight is 432 g/mol. The second-order valence-electron chi connectivity index (χ2n) is 7.71. The van der Waals surface area contributed by atoms with Crippen molar-refractivity contribution in [2.75, 3.05) is 6.54 Å². The first kappa shape index (κ1) is 21.5. The minimum atomic E-state index is -0.303. The predicted octanol–water partition coefficient (Wildman–Crippen LogP) is 4.65. The second-order valence-corrected chi connectivity index (χ2v) is 7.71. The van der Waals surface area contributed by atoms with Crippen molar-refractivity contribution in [3.63, 3.8) is 0 Å². The van der Waals surface area contributed by atoms with Gasteiger partial charge in [-0.3, -0.25) is 4.79 Å². The van der Waals surface area contributed by atoms with E-state index in [1.807, 2.05) is 49.6 Å². The summed E-state index contributed by atoms with van der Waals surface area (Å²) in [7, 11) is 0. The van der Waals surface area contributed by atoms with E-state index >= 15 is 0 Å². The fourth-order valence-electron chi connectivity index (χ4n) is 3.43. The molecule has 4 rings (SSSR count). The van der Waals surface area contributed by atoms with Gasteiger partial charge in [0.15, 0.2) is 5.65 Å². The number of amides is 1. The minimum absolute atomic E-state index is 0.0196. The number of ether oxygens (including phenoxy) is 1. The lowest BCUT2D eigenvalue weighted by molar-refractivity contribution is -0.121. The Hall–Kier alpha value is -3.74. The Labute approximate surface area is 186 Å².